The van der Waals surface area contributed by atoms with E-state index in [0.717, 1.165) is 11.1 Å². The lowest BCUT2D eigenvalue weighted by atomic mass is 10.1. The Hall–Kier alpha value is -3.46. The summed E-state index contributed by atoms with van der Waals surface area (Å²) in [6.07, 6.45) is 1.46. The second kappa shape index (κ2) is 11.4. The molecule has 1 N–H and O–H groups in total. The molecule has 1 amide bonds. The summed E-state index contributed by atoms with van der Waals surface area (Å²) >= 11 is 12.4. The summed E-state index contributed by atoms with van der Waals surface area (Å²) in [5.41, 5.74) is 3.06. The predicted octanol–water partition coefficient (Wildman–Crippen LogP) is 6.83. The first-order valence-corrected chi connectivity index (χ1v) is 11.0. The number of carbonyl (C=O) groups is 1. The fraction of sp³-hybridized carbons (Fsp3) is 0.154. The predicted molar refractivity (Wildman–Crippen MR) is 132 cm³/mol. The molecular weight excluding hydrogens is 459 g/mol. The maximum Gasteiger partial charge on any atom is 0.266 e. The molecule has 0 atom stereocenters. The van der Waals surface area contributed by atoms with Crippen LogP contribution in [-0.2, 0) is 11.4 Å². The largest absolute Gasteiger partial charge is 0.490 e. The van der Waals surface area contributed by atoms with Crippen molar-refractivity contribution in [1.82, 2.24) is 0 Å². The van der Waals surface area contributed by atoms with Gasteiger partial charge in [-0.2, -0.15) is 5.26 Å². The number of hydrogen-bond acceptors (Lipinski definition) is 4. The average molecular weight is 481 g/mol. The van der Waals surface area contributed by atoms with Crippen LogP contribution in [0.2, 0.25) is 10.0 Å². The molecule has 3 aromatic carbocycles. The number of benzene rings is 3. The van der Waals surface area contributed by atoms with Crippen molar-refractivity contribution in [1.29, 1.82) is 5.26 Å². The van der Waals surface area contributed by atoms with Gasteiger partial charge < -0.3 is 14.8 Å². The van der Waals surface area contributed by atoms with Crippen molar-refractivity contribution in [3.8, 4) is 17.6 Å². The van der Waals surface area contributed by atoms with E-state index in [1.165, 1.54) is 6.08 Å². The van der Waals surface area contributed by atoms with Gasteiger partial charge in [0.05, 0.1) is 11.6 Å². The Kier molecular flexibility index (Phi) is 8.37. The van der Waals surface area contributed by atoms with Crippen molar-refractivity contribution in [3.05, 3.63) is 93.0 Å². The van der Waals surface area contributed by atoms with Crippen LogP contribution in [0.4, 0.5) is 5.69 Å². The first-order chi connectivity index (χ1) is 15.9. The highest BCUT2D eigenvalue weighted by Gasteiger charge is 2.15. The van der Waals surface area contributed by atoms with Crippen molar-refractivity contribution in [2.75, 3.05) is 11.9 Å². The van der Waals surface area contributed by atoms with E-state index < -0.39 is 5.91 Å². The maximum absolute atomic E-state index is 12.6. The summed E-state index contributed by atoms with van der Waals surface area (Å²) in [6, 6.07) is 19.8. The van der Waals surface area contributed by atoms with E-state index in [0.29, 0.717) is 39.4 Å². The summed E-state index contributed by atoms with van der Waals surface area (Å²) in [7, 11) is 0. The Morgan fingerprint density at radius 2 is 1.76 bits per heavy atom. The minimum absolute atomic E-state index is 0.0658. The van der Waals surface area contributed by atoms with Crippen LogP contribution in [0.25, 0.3) is 6.08 Å². The first kappa shape index (κ1) is 24.2. The van der Waals surface area contributed by atoms with Crippen molar-refractivity contribution >= 4 is 40.9 Å². The molecule has 0 heterocycles. The van der Waals surface area contributed by atoms with E-state index in [1.54, 1.807) is 36.4 Å². The number of carbonyl (C=O) groups excluding carboxylic acids is 1. The molecule has 5 nitrogen and oxygen atoms in total. The Morgan fingerprint density at radius 1 is 1.06 bits per heavy atom. The van der Waals surface area contributed by atoms with Crippen molar-refractivity contribution in [3.63, 3.8) is 0 Å². The number of amides is 1. The lowest BCUT2D eigenvalue weighted by molar-refractivity contribution is -0.112. The first-order valence-electron chi connectivity index (χ1n) is 10.2. The standard InChI is InChI=1S/C26H22Cl2N2O3/c1-3-32-24-14-19(12-20(15-29)26(31)30-22-10-4-17(2)5-11-22)13-23(28)25(24)33-16-18-6-8-21(27)9-7-18/h4-14H,3,16H2,1-2H3,(H,30,31)/b20-12+. The molecule has 0 aliphatic carbocycles. The third-order valence-electron chi connectivity index (χ3n) is 4.61. The number of nitrogens with one attached hydrogen (secondary N) is 1. The normalized spacial score (nSPS) is 10.9. The van der Waals surface area contributed by atoms with Crippen molar-refractivity contribution < 1.29 is 14.3 Å². The molecule has 7 heteroatoms. The van der Waals surface area contributed by atoms with Crippen LogP contribution in [0, 0.1) is 18.3 Å². The van der Waals surface area contributed by atoms with Crippen LogP contribution in [0.5, 0.6) is 11.5 Å². The number of rotatable bonds is 8. The highest BCUT2D eigenvalue weighted by molar-refractivity contribution is 6.32. The lowest BCUT2D eigenvalue weighted by Gasteiger charge is -2.15. The van der Waals surface area contributed by atoms with Gasteiger partial charge in [-0.15, -0.1) is 0 Å². The minimum Gasteiger partial charge on any atom is -0.490 e. The van der Waals surface area contributed by atoms with Crippen LogP contribution in [-0.4, -0.2) is 12.5 Å². The molecule has 0 fully saturated rings. The number of nitriles is 1. The van der Waals surface area contributed by atoms with E-state index in [2.05, 4.69) is 5.32 Å². The molecule has 0 aliphatic heterocycles. The van der Waals surface area contributed by atoms with E-state index in [9.17, 15) is 10.1 Å². The van der Waals surface area contributed by atoms with Crippen LogP contribution in [0.3, 0.4) is 0 Å². The Balaban J connectivity index is 1.83. The third kappa shape index (κ3) is 6.76. The van der Waals surface area contributed by atoms with E-state index >= 15 is 0 Å². The molecule has 0 aliphatic rings. The highest BCUT2D eigenvalue weighted by Crippen LogP contribution is 2.38. The topological polar surface area (TPSA) is 71.3 Å². The Bertz CT molecular complexity index is 1200. The van der Waals surface area contributed by atoms with Crippen LogP contribution in [0.1, 0.15) is 23.6 Å². The summed E-state index contributed by atoms with van der Waals surface area (Å²) in [6.45, 7) is 4.46. The molecule has 0 spiro atoms. The van der Waals surface area contributed by atoms with Crippen molar-refractivity contribution in [2.24, 2.45) is 0 Å². The molecular formula is C26H22Cl2N2O3. The second-order valence-electron chi connectivity index (χ2n) is 7.17. The van der Waals surface area contributed by atoms with Crippen LogP contribution in [0.15, 0.2) is 66.2 Å². The lowest BCUT2D eigenvalue weighted by Crippen LogP contribution is -2.13. The molecule has 0 saturated heterocycles. The van der Waals surface area contributed by atoms with E-state index in [4.69, 9.17) is 32.7 Å². The molecule has 0 radical (unpaired) electrons. The van der Waals surface area contributed by atoms with Gasteiger partial charge in [-0.3, -0.25) is 4.79 Å². The smallest absolute Gasteiger partial charge is 0.266 e. The summed E-state index contributed by atoms with van der Waals surface area (Å²) in [5.74, 6) is 0.285. The monoisotopic (exact) mass is 480 g/mol. The number of ether oxygens (including phenoxy) is 2. The third-order valence-corrected chi connectivity index (χ3v) is 5.15. The zero-order chi connectivity index (χ0) is 23.8. The van der Waals surface area contributed by atoms with Gasteiger partial charge in [0.15, 0.2) is 11.5 Å². The SMILES string of the molecule is CCOc1cc(/C=C(\C#N)C(=O)Nc2ccc(C)cc2)cc(Cl)c1OCc1ccc(Cl)cc1. The van der Waals surface area contributed by atoms with Gasteiger partial charge >= 0.3 is 0 Å². The fourth-order valence-electron chi connectivity index (χ4n) is 2.96. The van der Waals surface area contributed by atoms with Crippen LogP contribution < -0.4 is 14.8 Å². The molecule has 33 heavy (non-hydrogen) atoms. The molecule has 3 rings (SSSR count). The van der Waals surface area contributed by atoms with E-state index in [-0.39, 0.29) is 12.2 Å². The molecule has 0 saturated carbocycles. The Morgan fingerprint density at radius 3 is 2.39 bits per heavy atom. The summed E-state index contributed by atoms with van der Waals surface area (Å²) < 4.78 is 11.6. The molecule has 168 valence electrons. The summed E-state index contributed by atoms with van der Waals surface area (Å²) in [5, 5.41) is 13.2. The number of halogens is 2. The fourth-order valence-corrected chi connectivity index (χ4v) is 3.36. The zero-order valence-corrected chi connectivity index (χ0v) is 19.7. The highest BCUT2D eigenvalue weighted by atomic mass is 35.5. The number of anilines is 1. The van der Waals surface area contributed by atoms with Crippen molar-refractivity contribution in [2.45, 2.75) is 20.5 Å². The number of hydrogen-bond donors (Lipinski definition) is 1. The van der Waals surface area contributed by atoms with Gasteiger partial charge in [0.2, 0.25) is 0 Å². The number of nitrogens with zero attached hydrogens (tertiary/aromatic N) is 1. The number of aryl methyl sites for hydroxylation is 1. The zero-order valence-electron chi connectivity index (χ0n) is 18.2. The second-order valence-corrected chi connectivity index (χ2v) is 8.01. The van der Waals surface area contributed by atoms with E-state index in [1.807, 2.05) is 44.2 Å². The van der Waals surface area contributed by atoms with Gasteiger partial charge in [-0.05, 0) is 67.4 Å². The van der Waals surface area contributed by atoms with Gasteiger partial charge in [0.25, 0.3) is 5.91 Å². The van der Waals surface area contributed by atoms with Gasteiger partial charge in [0, 0.05) is 10.7 Å². The maximum atomic E-state index is 12.6. The average Bonchev–Trinajstić information content (AvgIpc) is 2.79. The quantitative estimate of drug-likeness (QED) is 0.283. The Labute approximate surface area is 203 Å². The molecule has 0 unspecified atom stereocenters. The molecule has 3 aromatic rings. The van der Waals surface area contributed by atoms with Gasteiger partial charge in [-0.25, -0.2) is 0 Å². The molecule has 0 bridgehead atoms. The minimum atomic E-state index is -0.515. The van der Waals surface area contributed by atoms with Gasteiger partial charge in [0.1, 0.15) is 18.2 Å². The summed E-state index contributed by atoms with van der Waals surface area (Å²) in [4.78, 5) is 12.6. The van der Waals surface area contributed by atoms with Crippen LogP contribution >= 0.6 is 23.2 Å². The molecule has 0 aromatic heterocycles. The van der Waals surface area contributed by atoms with Gasteiger partial charge in [-0.1, -0.05) is 53.0 Å².